The van der Waals surface area contributed by atoms with E-state index < -0.39 is 0 Å². The second kappa shape index (κ2) is 5.77. The molecule has 2 aliphatic rings. The number of H-pyrrole nitrogens is 1. The van der Waals surface area contributed by atoms with Crippen LogP contribution in [0, 0.1) is 0 Å². The Hall–Kier alpha value is -1.48. The largest absolute Gasteiger partial charge is 0.353 e. The SMILES string of the molecule is Clc1ccc([C@@H]2C[NH2+]C3(CCCC3)c3[nH]c4ccccc4c32)c(Cl)c1. The highest BCUT2D eigenvalue weighted by Gasteiger charge is 2.48. The molecule has 1 aliphatic heterocycles. The number of benzene rings is 2. The van der Waals surface area contributed by atoms with Crippen molar-refractivity contribution in [2.45, 2.75) is 37.1 Å². The van der Waals surface area contributed by atoms with E-state index in [1.807, 2.05) is 12.1 Å². The number of hydrogen-bond donors (Lipinski definition) is 2. The molecule has 1 aromatic heterocycles. The maximum Gasteiger partial charge on any atom is 0.137 e. The van der Waals surface area contributed by atoms with Crippen molar-refractivity contribution in [3.63, 3.8) is 0 Å². The highest BCUT2D eigenvalue weighted by Crippen LogP contribution is 2.46. The van der Waals surface area contributed by atoms with E-state index in [-0.39, 0.29) is 5.54 Å². The summed E-state index contributed by atoms with van der Waals surface area (Å²) in [5.41, 5.74) is 5.52. The minimum Gasteiger partial charge on any atom is -0.353 e. The summed E-state index contributed by atoms with van der Waals surface area (Å²) in [5.74, 6) is 0.294. The van der Waals surface area contributed by atoms with Gasteiger partial charge in [-0.3, -0.25) is 0 Å². The number of hydrogen-bond acceptors (Lipinski definition) is 0. The van der Waals surface area contributed by atoms with E-state index >= 15 is 0 Å². The van der Waals surface area contributed by atoms with Crippen LogP contribution < -0.4 is 5.32 Å². The molecular weight excluding hydrogens is 351 g/mol. The van der Waals surface area contributed by atoms with Crippen LogP contribution in [0.15, 0.2) is 42.5 Å². The summed E-state index contributed by atoms with van der Waals surface area (Å²) in [6.45, 7) is 1.04. The maximum atomic E-state index is 6.59. The second-order valence-electron chi connectivity index (χ2n) is 7.48. The molecular formula is C21H21Cl2N2+. The molecule has 1 fully saturated rings. The van der Waals surface area contributed by atoms with Gasteiger partial charge in [0.2, 0.25) is 0 Å². The first kappa shape index (κ1) is 15.7. The third-order valence-electron chi connectivity index (χ3n) is 6.17. The average Bonchev–Trinajstić information content (AvgIpc) is 3.22. The molecule has 2 aromatic carbocycles. The van der Waals surface area contributed by atoms with Crippen LogP contribution in [0.5, 0.6) is 0 Å². The fourth-order valence-electron chi connectivity index (χ4n) is 5.01. The van der Waals surface area contributed by atoms with Gasteiger partial charge in [0.25, 0.3) is 0 Å². The Balaban J connectivity index is 1.75. The highest BCUT2D eigenvalue weighted by molar-refractivity contribution is 6.35. The van der Waals surface area contributed by atoms with Gasteiger partial charge < -0.3 is 10.3 Å². The highest BCUT2D eigenvalue weighted by atomic mass is 35.5. The molecule has 1 atom stereocenters. The van der Waals surface area contributed by atoms with Crippen LogP contribution in [-0.4, -0.2) is 11.5 Å². The van der Waals surface area contributed by atoms with Crippen LogP contribution in [-0.2, 0) is 5.54 Å². The van der Waals surface area contributed by atoms with Crippen molar-refractivity contribution in [1.82, 2.24) is 4.98 Å². The van der Waals surface area contributed by atoms with E-state index in [0.717, 1.165) is 11.6 Å². The molecule has 25 heavy (non-hydrogen) atoms. The minimum absolute atomic E-state index is 0.226. The van der Waals surface area contributed by atoms with E-state index in [1.165, 1.54) is 53.4 Å². The predicted molar refractivity (Wildman–Crippen MR) is 104 cm³/mol. The van der Waals surface area contributed by atoms with E-state index in [1.54, 1.807) is 0 Å². The fourth-order valence-corrected chi connectivity index (χ4v) is 5.55. The van der Waals surface area contributed by atoms with Crippen molar-refractivity contribution in [1.29, 1.82) is 0 Å². The number of aromatic amines is 1. The normalized spacial score (nSPS) is 21.8. The standard InChI is InChI=1S/C21H20Cl2N2/c22-13-7-8-14(17(23)11-13)16-12-24-21(9-3-4-10-21)20-19(16)15-5-1-2-6-18(15)25-20/h1-2,5-8,11,16,24-25H,3-4,9-10,12H2/p+1/t16-/m0/s1. The lowest BCUT2D eigenvalue weighted by Crippen LogP contribution is -2.96. The van der Waals surface area contributed by atoms with Crippen molar-refractivity contribution >= 4 is 34.1 Å². The maximum absolute atomic E-state index is 6.59. The Morgan fingerprint density at radius 2 is 1.84 bits per heavy atom. The van der Waals surface area contributed by atoms with Gasteiger partial charge in [0.15, 0.2) is 0 Å². The molecule has 0 unspecified atom stereocenters. The zero-order chi connectivity index (χ0) is 17.0. The van der Waals surface area contributed by atoms with Crippen LogP contribution >= 0.6 is 23.2 Å². The molecule has 5 rings (SSSR count). The number of nitrogens with two attached hydrogens (primary N) is 1. The van der Waals surface area contributed by atoms with Gasteiger partial charge in [-0.05, 0) is 36.6 Å². The van der Waals surface area contributed by atoms with E-state index in [0.29, 0.717) is 10.9 Å². The Labute approximate surface area is 157 Å². The monoisotopic (exact) mass is 371 g/mol. The number of para-hydroxylation sites is 1. The lowest BCUT2D eigenvalue weighted by Gasteiger charge is -2.35. The summed E-state index contributed by atoms with van der Waals surface area (Å²) in [7, 11) is 0. The number of halogens is 2. The molecule has 1 spiro atoms. The minimum atomic E-state index is 0.226. The summed E-state index contributed by atoms with van der Waals surface area (Å²) in [5, 5.41) is 5.37. The summed E-state index contributed by atoms with van der Waals surface area (Å²) >= 11 is 12.7. The molecule has 0 amide bonds. The molecule has 0 saturated heterocycles. The Kier molecular flexibility index (Phi) is 3.63. The van der Waals surface area contributed by atoms with E-state index in [9.17, 15) is 0 Å². The molecule has 2 nitrogen and oxygen atoms in total. The number of quaternary nitrogens is 1. The first-order valence-corrected chi connectivity index (χ1v) is 9.84. The molecule has 1 saturated carbocycles. The van der Waals surface area contributed by atoms with Crippen LogP contribution in [0.25, 0.3) is 10.9 Å². The first-order chi connectivity index (χ1) is 12.2. The quantitative estimate of drug-likeness (QED) is 0.606. The average molecular weight is 372 g/mol. The Bertz CT molecular complexity index is 954. The molecule has 3 aromatic rings. The van der Waals surface area contributed by atoms with Gasteiger partial charge >= 0.3 is 0 Å². The van der Waals surface area contributed by atoms with Gasteiger partial charge in [-0.15, -0.1) is 0 Å². The summed E-state index contributed by atoms with van der Waals surface area (Å²) in [4.78, 5) is 3.78. The third kappa shape index (κ3) is 2.35. The van der Waals surface area contributed by atoms with Crippen LogP contribution in [0.4, 0.5) is 0 Å². The van der Waals surface area contributed by atoms with Crippen molar-refractivity contribution in [3.05, 3.63) is 69.3 Å². The molecule has 4 heteroatoms. The van der Waals surface area contributed by atoms with E-state index in [2.05, 4.69) is 40.6 Å². The Morgan fingerprint density at radius 1 is 1.04 bits per heavy atom. The number of fused-ring (bicyclic) bond motifs is 4. The van der Waals surface area contributed by atoms with Gasteiger partial charge in [-0.2, -0.15) is 0 Å². The van der Waals surface area contributed by atoms with Crippen molar-refractivity contribution in [2.75, 3.05) is 6.54 Å². The summed E-state index contributed by atoms with van der Waals surface area (Å²) in [6.07, 6.45) is 5.15. The lowest BCUT2D eigenvalue weighted by molar-refractivity contribution is -0.741. The van der Waals surface area contributed by atoms with Gasteiger partial charge in [-0.1, -0.05) is 47.5 Å². The van der Waals surface area contributed by atoms with Crippen molar-refractivity contribution in [2.24, 2.45) is 0 Å². The van der Waals surface area contributed by atoms with Crippen LogP contribution in [0.3, 0.4) is 0 Å². The van der Waals surface area contributed by atoms with Crippen LogP contribution in [0.2, 0.25) is 10.0 Å². The van der Waals surface area contributed by atoms with E-state index in [4.69, 9.17) is 23.2 Å². The first-order valence-electron chi connectivity index (χ1n) is 9.08. The van der Waals surface area contributed by atoms with Gasteiger partial charge in [-0.25, -0.2) is 0 Å². The molecule has 0 radical (unpaired) electrons. The number of aromatic nitrogens is 1. The zero-order valence-corrected chi connectivity index (χ0v) is 15.5. The summed E-state index contributed by atoms with van der Waals surface area (Å²) < 4.78 is 0. The fraction of sp³-hybridized carbons (Fsp3) is 0.333. The van der Waals surface area contributed by atoms with Crippen LogP contribution in [0.1, 0.15) is 48.4 Å². The molecule has 1 aliphatic carbocycles. The number of rotatable bonds is 1. The van der Waals surface area contributed by atoms with Gasteiger partial charge in [0.05, 0.1) is 18.2 Å². The smallest absolute Gasteiger partial charge is 0.137 e. The van der Waals surface area contributed by atoms with Crippen molar-refractivity contribution in [3.8, 4) is 0 Å². The zero-order valence-electron chi connectivity index (χ0n) is 14.0. The predicted octanol–water partition coefficient (Wildman–Crippen LogP) is 4.95. The topological polar surface area (TPSA) is 32.4 Å². The molecule has 3 N–H and O–H groups in total. The Morgan fingerprint density at radius 3 is 2.64 bits per heavy atom. The molecule has 0 bridgehead atoms. The number of nitrogens with one attached hydrogen (secondary N) is 1. The lowest BCUT2D eigenvalue weighted by atomic mass is 9.78. The van der Waals surface area contributed by atoms with Crippen molar-refractivity contribution < 1.29 is 5.32 Å². The molecule has 128 valence electrons. The third-order valence-corrected chi connectivity index (χ3v) is 6.73. The second-order valence-corrected chi connectivity index (χ2v) is 8.32. The molecule has 2 heterocycles. The summed E-state index contributed by atoms with van der Waals surface area (Å²) in [6, 6.07) is 14.6. The van der Waals surface area contributed by atoms with Gasteiger partial charge in [0, 0.05) is 39.4 Å². The van der Waals surface area contributed by atoms with Gasteiger partial charge in [0.1, 0.15) is 5.54 Å².